The zero-order valence-corrected chi connectivity index (χ0v) is 10.1. The van der Waals surface area contributed by atoms with E-state index in [-0.39, 0.29) is 24.1 Å². The predicted octanol–water partition coefficient (Wildman–Crippen LogP) is 1.93. The van der Waals surface area contributed by atoms with Crippen molar-refractivity contribution in [2.75, 3.05) is 19.0 Å². The second kappa shape index (κ2) is 6.15. The number of ether oxygens (including phenoxy) is 1. The molecule has 7 heteroatoms. The SMILES string of the molecule is COc1cc(NC(C)CCO)c(F)cc1[N+](=O)[O-]. The van der Waals surface area contributed by atoms with Crippen molar-refractivity contribution in [1.29, 1.82) is 0 Å². The van der Waals surface area contributed by atoms with Gasteiger partial charge >= 0.3 is 5.69 Å². The third kappa shape index (κ3) is 3.30. The molecule has 0 spiro atoms. The normalized spacial score (nSPS) is 12.0. The second-order valence-electron chi connectivity index (χ2n) is 3.82. The number of methoxy groups -OCH3 is 1. The van der Waals surface area contributed by atoms with E-state index in [2.05, 4.69) is 5.32 Å². The summed E-state index contributed by atoms with van der Waals surface area (Å²) in [5.74, 6) is -0.743. The monoisotopic (exact) mass is 258 g/mol. The Hall–Kier alpha value is -1.89. The van der Waals surface area contributed by atoms with Crippen molar-refractivity contribution < 1.29 is 19.2 Å². The third-order valence-electron chi connectivity index (χ3n) is 2.43. The van der Waals surface area contributed by atoms with Gasteiger partial charge in [0, 0.05) is 18.7 Å². The molecule has 0 aromatic heterocycles. The molecule has 0 radical (unpaired) electrons. The predicted molar refractivity (Wildman–Crippen MR) is 64.4 cm³/mol. The minimum atomic E-state index is -0.729. The number of anilines is 1. The summed E-state index contributed by atoms with van der Waals surface area (Å²) in [7, 11) is 1.28. The Bertz CT molecular complexity index is 439. The zero-order valence-electron chi connectivity index (χ0n) is 10.1. The van der Waals surface area contributed by atoms with Crippen LogP contribution in [0.5, 0.6) is 5.75 Å². The summed E-state index contributed by atoms with van der Waals surface area (Å²) < 4.78 is 18.5. The number of aliphatic hydroxyl groups is 1. The van der Waals surface area contributed by atoms with E-state index in [1.54, 1.807) is 6.92 Å². The molecule has 0 aliphatic rings. The molecule has 0 saturated heterocycles. The van der Waals surface area contributed by atoms with Crippen LogP contribution in [0.1, 0.15) is 13.3 Å². The lowest BCUT2D eigenvalue weighted by atomic mass is 10.2. The molecule has 0 aliphatic carbocycles. The molecule has 100 valence electrons. The summed E-state index contributed by atoms with van der Waals surface area (Å²) in [6, 6.07) is 1.89. The highest BCUT2D eigenvalue weighted by atomic mass is 19.1. The van der Waals surface area contributed by atoms with Gasteiger partial charge in [-0.2, -0.15) is 0 Å². The van der Waals surface area contributed by atoms with E-state index in [4.69, 9.17) is 9.84 Å². The van der Waals surface area contributed by atoms with Gasteiger partial charge in [-0.15, -0.1) is 0 Å². The molecule has 0 amide bonds. The number of nitrogens with one attached hydrogen (secondary N) is 1. The summed E-state index contributed by atoms with van der Waals surface area (Å²) in [6.07, 6.45) is 0.443. The minimum Gasteiger partial charge on any atom is -0.490 e. The summed E-state index contributed by atoms with van der Waals surface area (Å²) >= 11 is 0. The summed E-state index contributed by atoms with van der Waals surface area (Å²) in [6.45, 7) is 1.74. The number of aliphatic hydroxyl groups excluding tert-OH is 1. The van der Waals surface area contributed by atoms with Crippen molar-refractivity contribution in [2.45, 2.75) is 19.4 Å². The van der Waals surface area contributed by atoms with Gasteiger partial charge in [-0.25, -0.2) is 4.39 Å². The number of nitrogens with zero attached hydrogens (tertiary/aromatic N) is 1. The lowest BCUT2D eigenvalue weighted by Crippen LogP contribution is -2.17. The molecule has 0 heterocycles. The molecule has 1 atom stereocenters. The van der Waals surface area contributed by atoms with Gasteiger partial charge in [-0.3, -0.25) is 10.1 Å². The second-order valence-corrected chi connectivity index (χ2v) is 3.82. The van der Waals surface area contributed by atoms with Crippen LogP contribution in [-0.4, -0.2) is 29.8 Å². The van der Waals surface area contributed by atoms with Crippen LogP contribution in [0.2, 0.25) is 0 Å². The Morgan fingerprint density at radius 2 is 2.28 bits per heavy atom. The van der Waals surface area contributed by atoms with E-state index in [1.165, 1.54) is 13.2 Å². The summed E-state index contributed by atoms with van der Waals surface area (Å²) in [5.41, 5.74) is -0.311. The molecule has 18 heavy (non-hydrogen) atoms. The Labute approximate surface area is 104 Å². The van der Waals surface area contributed by atoms with Crippen molar-refractivity contribution in [1.82, 2.24) is 0 Å². The van der Waals surface area contributed by atoms with Gasteiger partial charge in [0.15, 0.2) is 11.6 Å². The van der Waals surface area contributed by atoms with Crippen molar-refractivity contribution in [2.24, 2.45) is 0 Å². The molecular formula is C11H15FN2O4. The molecule has 0 fully saturated rings. The highest BCUT2D eigenvalue weighted by Gasteiger charge is 2.19. The van der Waals surface area contributed by atoms with Gasteiger partial charge in [0.25, 0.3) is 0 Å². The van der Waals surface area contributed by atoms with E-state index in [0.29, 0.717) is 6.42 Å². The molecule has 1 rings (SSSR count). The smallest absolute Gasteiger partial charge is 0.313 e. The molecule has 6 nitrogen and oxygen atoms in total. The van der Waals surface area contributed by atoms with Crippen LogP contribution in [0.25, 0.3) is 0 Å². The Morgan fingerprint density at radius 1 is 1.61 bits per heavy atom. The van der Waals surface area contributed by atoms with Gasteiger partial charge in [0.1, 0.15) is 0 Å². The highest BCUT2D eigenvalue weighted by Crippen LogP contribution is 2.32. The highest BCUT2D eigenvalue weighted by molar-refractivity contribution is 5.59. The molecule has 1 unspecified atom stereocenters. The molecule has 1 aromatic rings. The van der Waals surface area contributed by atoms with E-state index in [1.807, 2.05) is 0 Å². The number of nitro groups is 1. The topological polar surface area (TPSA) is 84.6 Å². The maximum absolute atomic E-state index is 13.6. The van der Waals surface area contributed by atoms with Crippen LogP contribution < -0.4 is 10.1 Å². The van der Waals surface area contributed by atoms with Crippen LogP contribution in [-0.2, 0) is 0 Å². The third-order valence-corrected chi connectivity index (χ3v) is 2.43. The van der Waals surface area contributed by atoms with Crippen molar-refractivity contribution in [3.63, 3.8) is 0 Å². The van der Waals surface area contributed by atoms with Crippen LogP contribution >= 0.6 is 0 Å². The largest absolute Gasteiger partial charge is 0.490 e. The number of benzene rings is 1. The fourth-order valence-electron chi connectivity index (χ4n) is 1.49. The van der Waals surface area contributed by atoms with Crippen LogP contribution in [0.4, 0.5) is 15.8 Å². The van der Waals surface area contributed by atoms with Gasteiger partial charge < -0.3 is 15.2 Å². The lowest BCUT2D eigenvalue weighted by molar-refractivity contribution is -0.385. The number of rotatable bonds is 6. The fourth-order valence-corrected chi connectivity index (χ4v) is 1.49. The van der Waals surface area contributed by atoms with E-state index >= 15 is 0 Å². The number of halogens is 1. The standard InChI is InChI=1S/C11H15FN2O4/c1-7(3-4-15)13-9-6-11(18-2)10(14(16)17)5-8(9)12/h5-7,13,15H,3-4H2,1-2H3. The average molecular weight is 258 g/mol. The molecule has 2 N–H and O–H groups in total. The quantitative estimate of drug-likeness (QED) is 0.601. The first-order valence-electron chi connectivity index (χ1n) is 5.39. The van der Waals surface area contributed by atoms with Crippen LogP contribution in [0.15, 0.2) is 12.1 Å². The lowest BCUT2D eigenvalue weighted by Gasteiger charge is -2.15. The average Bonchev–Trinajstić information content (AvgIpc) is 2.31. The van der Waals surface area contributed by atoms with Crippen molar-refractivity contribution >= 4 is 11.4 Å². The van der Waals surface area contributed by atoms with E-state index < -0.39 is 16.4 Å². The van der Waals surface area contributed by atoms with Crippen molar-refractivity contribution in [3.05, 3.63) is 28.1 Å². The molecule has 0 aliphatic heterocycles. The fraction of sp³-hybridized carbons (Fsp3) is 0.455. The zero-order chi connectivity index (χ0) is 13.7. The van der Waals surface area contributed by atoms with E-state index in [0.717, 1.165) is 6.07 Å². The summed E-state index contributed by atoms with van der Waals surface area (Å²) in [5, 5.41) is 22.2. The number of nitro benzene ring substituents is 1. The van der Waals surface area contributed by atoms with Crippen LogP contribution in [0.3, 0.4) is 0 Å². The van der Waals surface area contributed by atoms with Gasteiger partial charge in [-0.1, -0.05) is 0 Å². The first kappa shape index (κ1) is 14.2. The van der Waals surface area contributed by atoms with Gasteiger partial charge in [-0.05, 0) is 13.3 Å². The molecule has 0 bridgehead atoms. The maximum atomic E-state index is 13.6. The molecule has 1 aromatic carbocycles. The first-order valence-corrected chi connectivity index (χ1v) is 5.39. The Morgan fingerprint density at radius 3 is 2.78 bits per heavy atom. The van der Waals surface area contributed by atoms with Gasteiger partial charge in [0.05, 0.1) is 23.8 Å². The Balaban J connectivity index is 3.03. The number of hydrogen-bond donors (Lipinski definition) is 2. The first-order chi connectivity index (χ1) is 8.49. The van der Waals surface area contributed by atoms with E-state index in [9.17, 15) is 14.5 Å². The Kier molecular flexibility index (Phi) is 4.85. The van der Waals surface area contributed by atoms with Gasteiger partial charge in [0.2, 0.25) is 0 Å². The minimum absolute atomic E-state index is 0.0138. The maximum Gasteiger partial charge on any atom is 0.313 e. The van der Waals surface area contributed by atoms with Crippen molar-refractivity contribution in [3.8, 4) is 5.75 Å². The van der Waals surface area contributed by atoms with Crippen LogP contribution in [0, 0.1) is 15.9 Å². The summed E-state index contributed by atoms with van der Waals surface area (Å²) in [4.78, 5) is 9.97. The molecular weight excluding hydrogens is 243 g/mol. The molecule has 0 saturated carbocycles. The number of hydrogen-bond acceptors (Lipinski definition) is 5.